The molecule has 178 valence electrons. The number of nitrogens with one attached hydrogen (secondary N) is 1. The van der Waals surface area contributed by atoms with Crippen LogP contribution in [-0.4, -0.2) is 34.3 Å². The Morgan fingerprint density at radius 3 is 2.53 bits per heavy atom. The minimum atomic E-state index is -0.783. The van der Waals surface area contributed by atoms with Crippen LogP contribution in [0.5, 0.6) is 5.75 Å². The van der Waals surface area contributed by atoms with E-state index in [1.807, 2.05) is 48.7 Å². The van der Waals surface area contributed by atoms with Crippen LogP contribution in [0.1, 0.15) is 66.0 Å². The molecule has 1 atom stereocenters. The van der Waals surface area contributed by atoms with Crippen LogP contribution in [0, 0.1) is 0 Å². The number of rotatable bonds is 9. The maximum absolute atomic E-state index is 13.8. The zero-order valence-electron chi connectivity index (χ0n) is 19.5. The van der Waals surface area contributed by atoms with Crippen molar-refractivity contribution in [1.82, 2.24) is 15.2 Å². The van der Waals surface area contributed by atoms with Gasteiger partial charge in [-0.1, -0.05) is 43.5 Å². The highest BCUT2D eigenvalue weighted by molar-refractivity contribution is 7.09. The topological polar surface area (TPSA) is 71.5 Å². The number of amides is 2. The number of carbonyl (C=O) groups is 2. The lowest BCUT2D eigenvalue weighted by molar-refractivity contribution is -0.127. The third-order valence-corrected chi connectivity index (χ3v) is 6.93. The van der Waals surface area contributed by atoms with Gasteiger partial charge in [-0.3, -0.25) is 14.6 Å². The van der Waals surface area contributed by atoms with Gasteiger partial charge in [-0.25, -0.2) is 0 Å². The van der Waals surface area contributed by atoms with E-state index in [9.17, 15) is 9.59 Å². The lowest BCUT2D eigenvalue weighted by atomic mass is 9.94. The number of aromatic nitrogens is 1. The Bertz CT molecular complexity index is 1050. The van der Waals surface area contributed by atoms with Crippen LogP contribution in [0.15, 0.2) is 66.2 Å². The summed E-state index contributed by atoms with van der Waals surface area (Å²) in [6.45, 7) is 2.82. The SMILES string of the molecule is CCOc1ccc([C@H](C(=O)NC2CCCCC2)N(Cc2cccs2)C(=O)c2ccccn2)cc1. The van der Waals surface area contributed by atoms with Crippen molar-refractivity contribution in [2.45, 2.75) is 57.7 Å². The van der Waals surface area contributed by atoms with Crippen molar-refractivity contribution in [3.63, 3.8) is 0 Å². The highest BCUT2D eigenvalue weighted by atomic mass is 32.1. The van der Waals surface area contributed by atoms with E-state index in [4.69, 9.17) is 4.74 Å². The summed E-state index contributed by atoms with van der Waals surface area (Å²) in [5.41, 5.74) is 1.07. The van der Waals surface area contributed by atoms with Gasteiger partial charge in [0.15, 0.2) is 0 Å². The van der Waals surface area contributed by atoms with Crippen molar-refractivity contribution < 1.29 is 14.3 Å². The number of nitrogens with zero attached hydrogens (tertiary/aromatic N) is 2. The summed E-state index contributed by atoms with van der Waals surface area (Å²) in [5, 5.41) is 5.22. The Morgan fingerprint density at radius 1 is 1.09 bits per heavy atom. The lowest BCUT2D eigenvalue weighted by Crippen LogP contribution is -2.47. The van der Waals surface area contributed by atoms with Crippen molar-refractivity contribution in [3.8, 4) is 5.75 Å². The quantitative estimate of drug-likeness (QED) is 0.449. The van der Waals surface area contributed by atoms with Gasteiger partial charge in [-0.2, -0.15) is 0 Å². The predicted octanol–water partition coefficient (Wildman–Crippen LogP) is 5.37. The Morgan fingerprint density at radius 2 is 1.88 bits per heavy atom. The van der Waals surface area contributed by atoms with Crippen molar-refractivity contribution in [1.29, 1.82) is 0 Å². The standard InChI is InChI=1S/C27H31N3O3S/c1-2-33-22-15-13-20(14-16-22)25(26(31)29-21-9-4-3-5-10-21)30(19-23-11-8-18-34-23)27(32)24-12-6-7-17-28-24/h6-8,11-18,21,25H,2-5,9-10,19H2,1H3,(H,29,31)/t25-/m1/s1. The van der Waals surface area contributed by atoms with Crippen LogP contribution in [-0.2, 0) is 11.3 Å². The van der Waals surface area contributed by atoms with Gasteiger partial charge in [0.25, 0.3) is 5.91 Å². The normalized spacial score (nSPS) is 14.9. The molecule has 34 heavy (non-hydrogen) atoms. The first-order valence-electron chi connectivity index (χ1n) is 11.9. The molecule has 1 saturated carbocycles. The van der Waals surface area contributed by atoms with Gasteiger partial charge in [-0.05, 0) is 61.0 Å². The van der Waals surface area contributed by atoms with Gasteiger partial charge in [0.1, 0.15) is 17.5 Å². The second kappa shape index (κ2) is 11.8. The highest BCUT2D eigenvalue weighted by Gasteiger charge is 2.34. The Kier molecular flexibility index (Phi) is 8.31. The van der Waals surface area contributed by atoms with Crippen LogP contribution < -0.4 is 10.1 Å². The summed E-state index contributed by atoms with van der Waals surface area (Å²) in [6.07, 6.45) is 6.98. The molecule has 1 fully saturated rings. The van der Waals surface area contributed by atoms with Gasteiger partial charge < -0.3 is 15.0 Å². The molecule has 2 heterocycles. The first kappa shape index (κ1) is 24.0. The molecule has 0 bridgehead atoms. The Labute approximate surface area is 205 Å². The minimum absolute atomic E-state index is 0.139. The molecule has 4 rings (SSSR count). The van der Waals surface area contributed by atoms with Crippen LogP contribution in [0.3, 0.4) is 0 Å². The minimum Gasteiger partial charge on any atom is -0.494 e. The Balaban J connectivity index is 1.71. The molecule has 1 aliphatic carbocycles. The van der Waals surface area contributed by atoms with Crippen LogP contribution in [0.4, 0.5) is 0 Å². The third kappa shape index (κ3) is 6.03. The van der Waals surface area contributed by atoms with Crippen molar-refractivity contribution in [2.24, 2.45) is 0 Å². The highest BCUT2D eigenvalue weighted by Crippen LogP contribution is 2.29. The van der Waals surface area contributed by atoms with E-state index in [2.05, 4.69) is 10.3 Å². The number of hydrogen-bond acceptors (Lipinski definition) is 5. The van der Waals surface area contributed by atoms with Crippen LogP contribution in [0.2, 0.25) is 0 Å². The van der Waals surface area contributed by atoms with Gasteiger partial charge in [0, 0.05) is 17.1 Å². The molecule has 1 aromatic carbocycles. The summed E-state index contributed by atoms with van der Waals surface area (Å²) in [4.78, 5) is 34.4. The average Bonchev–Trinajstić information content (AvgIpc) is 3.39. The van der Waals surface area contributed by atoms with E-state index in [0.717, 1.165) is 41.9 Å². The summed E-state index contributed by atoms with van der Waals surface area (Å²) < 4.78 is 5.60. The number of benzene rings is 1. The molecular weight excluding hydrogens is 446 g/mol. The molecule has 1 N–H and O–H groups in total. The van der Waals surface area contributed by atoms with E-state index in [-0.39, 0.29) is 17.9 Å². The molecule has 3 aromatic rings. The molecule has 0 saturated heterocycles. The maximum Gasteiger partial charge on any atom is 0.273 e. The van der Waals surface area contributed by atoms with E-state index >= 15 is 0 Å². The predicted molar refractivity (Wildman–Crippen MR) is 134 cm³/mol. The zero-order chi connectivity index (χ0) is 23.8. The molecule has 1 aliphatic rings. The molecule has 0 aliphatic heterocycles. The monoisotopic (exact) mass is 477 g/mol. The molecular formula is C27H31N3O3S. The molecule has 2 aromatic heterocycles. The van der Waals surface area contributed by atoms with Crippen molar-refractivity contribution in [3.05, 3.63) is 82.3 Å². The first-order valence-corrected chi connectivity index (χ1v) is 12.8. The molecule has 2 amide bonds. The average molecular weight is 478 g/mol. The summed E-state index contributed by atoms with van der Waals surface area (Å²) in [6, 6.07) is 16.0. The number of thiophene rings is 1. The van der Waals surface area contributed by atoms with Crippen LogP contribution in [0.25, 0.3) is 0 Å². The second-order valence-corrected chi connectivity index (χ2v) is 9.51. The fourth-order valence-electron chi connectivity index (χ4n) is 4.40. The second-order valence-electron chi connectivity index (χ2n) is 8.48. The van der Waals surface area contributed by atoms with E-state index in [0.29, 0.717) is 18.8 Å². The van der Waals surface area contributed by atoms with Crippen LogP contribution >= 0.6 is 11.3 Å². The summed E-state index contributed by atoms with van der Waals surface area (Å²) in [7, 11) is 0. The summed E-state index contributed by atoms with van der Waals surface area (Å²) in [5.74, 6) is 0.308. The third-order valence-electron chi connectivity index (χ3n) is 6.07. The van der Waals surface area contributed by atoms with Gasteiger partial charge in [0.05, 0.1) is 13.2 Å². The molecule has 0 radical (unpaired) electrons. The zero-order valence-corrected chi connectivity index (χ0v) is 20.3. The number of pyridine rings is 1. The molecule has 0 unspecified atom stereocenters. The van der Waals surface area contributed by atoms with E-state index in [1.165, 1.54) is 6.42 Å². The molecule has 7 heteroatoms. The molecule has 6 nitrogen and oxygen atoms in total. The fourth-order valence-corrected chi connectivity index (χ4v) is 5.10. The van der Waals surface area contributed by atoms with E-state index < -0.39 is 6.04 Å². The Hall–Kier alpha value is -3.19. The molecule has 0 spiro atoms. The number of ether oxygens (including phenoxy) is 1. The summed E-state index contributed by atoms with van der Waals surface area (Å²) >= 11 is 1.57. The maximum atomic E-state index is 13.8. The first-order chi connectivity index (χ1) is 16.7. The largest absolute Gasteiger partial charge is 0.494 e. The number of carbonyl (C=O) groups excluding carboxylic acids is 2. The van der Waals surface area contributed by atoms with Crippen molar-refractivity contribution >= 4 is 23.2 Å². The van der Waals surface area contributed by atoms with E-state index in [1.54, 1.807) is 40.6 Å². The van der Waals surface area contributed by atoms with Gasteiger partial charge in [-0.15, -0.1) is 11.3 Å². The van der Waals surface area contributed by atoms with Crippen molar-refractivity contribution in [2.75, 3.05) is 6.61 Å². The fraction of sp³-hybridized carbons (Fsp3) is 0.370. The lowest BCUT2D eigenvalue weighted by Gasteiger charge is -2.33. The van der Waals surface area contributed by atoms with Gasteiger partial charge >= 0.3 is 0 Å². The smallest absolute Gasteiger partial charge is 0.273 e. The number of hydrogen-bond donors (Lipinski definition) is 1. The van der Waals surface area contributed by atoms with Gasteiger partial charge in [0.2, 0.25) is 5.91 Å².